The fraction of sp³-hybridized carbons (Fsp3) is 0.214. The van der Waals surface area contributed by atoms with Gasteiger partial charge in [-0.15, -0.1) is 11.8 Å². The molecule has 1 amide bonds. The van der Waals surface area contributed by atoms with Crippen LogP contribution in [0.4, 0.5) is 0 Å². The summed E-state index contributed by atoms with van der Waals surface area (Å²) in [6, 6.07) is 5.73. The Kier molecular flexibility index (Phi) is 3.75. The molecular weight excluding hydrogens is 278 g/mol. The van der Waals surface area contributed by atoms with Gasteiger partial charge in [0.2, 0.25) is 5.91 Å². The van der Waals surface area contributed by atoms with Gasteiger partial charge in [0, 0.05) is 18.4 Å². The SMILES string of the molecule is O=C(/C=C/c1ccco1)N1CCS[C@H]1c1ccsc1. The molecule has 3 rings (SSSR count). The van der Waals surface area contributed by atoms with E-state index in [1.54, 1.807) is 29.8 Å². The molecule has 3 nitrogen and oxygen atoms in total. The Hall–Kier alpha value is -1.46. The molecule has 0 N–H and O–H groups in total. The van der Waals surface area contributed by atoms with Crippen molar-refractivity contribution in [3.05, 3.63) is 52.6 Å². The zero-order valence-corrected chi connectivity index (χ0v) is 11.8. The molecule has 0 aliphatic carbocycles. The van der Waals surface area contributed by atoms with Crippen LogP contribution in [-0.2, 0) is 4.79 Å². The van der Waals surface area contributed by atoms with Crippen LogP contribution in [0.25, 0.3) is 6.08 Å². The third kappa shape index (κ3) is 2.77. The maximum atomic E-state index is 12.2. The van der Waals surface area contributed by atoms with Crippen LogP contribution in [-0.4, -0.2) is 23.1 Å². The minimum absolute atomic E-state index is 0.0394. The molecule has 0 spiro atoms. The molecule has 1 aliphatic heterocycles. The fourth-order valence-corrected chi connectivity index (χ4v) is 4.04. The van der Waals surface area contributed by atoms with E-state index in [-0.39, 0.29) is 11.3 Å². The van der Waals surface area contributed by atoms with Crippen molar-refractivity contribution in [1.29, 1.82) is 0 Å². The zero-order chi connectivity index (χ0) is 13.1. The summed E-state index contributed by atoms with van der Waals surface area (Å²) in [5.41, 5.74) is 1.22. The minimum atomic E-state index is 0.0394. The molecule has 1 atom stereocenters. The molecule has 5 heteroatoms. The van der Waals surface area contributed by atoms with Crippen molar-refractivity contribution < 1.29 is 9.21 Å². The lowest BCUT2D eigenvalue weighted by atomic mass is 10.3. The number of carbonyl (C=O) groups excluding carboxylic acids is 1. The van der Waals surface area contributed by atoms with Gasteiger partial charge in [0.15, 0.2) is 0 Å². The van der Waals surface area contributed by atoms with Gasteiger partial charge < -0.3 is 9.32 Å². The maximum absolute atomic E-state index is 12.2. The second-order valence-corrected chi connectivity index (χ2v) is 6.13. The van der Waals surface area contributed by atoms with Crippen LogP contribution in [0.15, 0.2) is 45.7 Å². The van der Waals surface area contributed by atoms with E-state index >= 15 is 0 Å². The van der Waals surface area contributed by atoms with E-state index in [1.807, 2.05) is 28.8 Å². The molecule has 1 saturated heterocycles. The predicted molar refractivity (Wildman–Crippen MR) is 79.0 cm³/mol. The Morgan fingerprint density at radius 2 is 2.42 bits per heavy atom. The van der Waals surface area contributed by atoms with Crippen LogP contribution < -0.4 is 0 Å². The molecular formula is C14H13NO2S2. The van der Waals surface area contributed by atoms with E-state index < -0.39 is 0 Å². The quantitative estimate of drug-likeness (QED) is 0.810. The second kappa shape index (κ2) is 5.67. The van der Waals surface area contributed by atoms with Gasteiger partial charge in [-0.1, -0.05) is 0 Å². The lowest BCUT2D eigenvalue weighted by Gasteiger charge is -2.21. The highest BCUT2D eigenvalue weighted by Crippen LogP contribution is 2.38. The Balaban J connectivity index is 1.72. The minimum Gasteiger partial charge on any atom is -0.465 e. The Labute approximate surface area is 119 Å². The highest BCUT2D eigenvalue weighted by molar-refractivity contribution is 7.99. The Morgan fingerprint density at radius 1 is 1.47 bits per heavy atom. The first kappa shape index (κ1) is 12.6. The van der Waals surface area contributed by atoms with Crippen LogP contribution in [0.3, 0.4) is 0 Å². The van der Waals surface area contributed by atoms with Gasteiger partial charge in [-0.2, -0.15) is 11.3 Å². The van der Waals surface area contributed by atoms with Gasteiger partial charge in [-0.25, -0.2) is 0 Å². The number of thioether (sulfide) groups is 1. The monoisotopic (exact) mass is 291 g/mol. The van der Waals surface area contributed by atoms with E-state index in [0.29, 0.717) is 5.76 Å². The highest BCUT2D eigenvalue weighted by atomic mass is 32.2. The van der Waals surface area contributed by atoms with E-state index in [9.17, 15) is 4.79 Å². The van der Waals surface area contributed by atoms with Crippen LogP contribution in [0.2, 0.25) is 0 Å². The molecule has 0 radical (unpaired) electrons. The van der Waals surface area contributed by atoms with Gasteiger partial charge in [0.05, 0.1) is 6.26 Å². The molecule has 0 unspecified atom stereocenters. The van der Waals surface area contributed by atoms with Crippen LogP contribution in [0, 0.1) is 0 Å². The zero-order valence-electron chi connectivity index (χ0n) is 10.2. The molecule has 1 aliphatic rings. The Bertz CT molecular complexity index is 560. The van der Waals surface area contributed by atoms with Gasteiger partial charge in [-0.05, 0) is 40.6 Å². The number of carbonyl (C=O) groups is 1. The molecule has 0 saturated carbocycles. The topological polar surface area (TPSA) is 33.5 Å². The molecule has 1 fully saturated rings. The first-order valence-corrected chi connectivity index (χ1v) is 7.99. The van der Waals surface area contributed by atoms with Crippen molar-refractivity contribution in [2.45, 2.75) is 5.37 Å². The Morgan fingerprint density at radius 3 is 3.16 bits per heavy atom. The predicted octanol–water partition coefficient (Wildman–Crippen LogP) is 3.63. The summed E-state index contributed by atoms with van der Waals surface area (Å²) < 4.78 is 5.18. The number of hydrogen-bond donors (Lipinski definition) is 0. The fourth-order valence-electron chi connectivity index (χ4n) is 2.02. The van der Waals surface area contributed by atoms with Crippen molar-refractivity contribution >= 4 is 35.1 Å². The molecule has 2 aromatic rings. The summed E-state index contributed by atoms with van der Waals surface area (Å²) in [7, 11) is 0. The summed E-state index contributed by atoms with van der Waals surface area (Å²) >= 11 is 3.48. The second-order valence-electron chi connectivity index (χ2n) is 4.16. The number of hydrogen-bond acceptors (Lipinski definition) is 4. The third-order valence-corrected chi connectivity index (χ3v) is 4.90. The van der Waals surface area contributed by atoms with Gasteiger partial charge in [0.1, 0.15) is 11.1 Å². The molecule has 19 heavy (non-hydrogen) atoms. The van der Waals surface area contributed by atoms with E-state index in [4.69, 9.17) is 4.42 Å². The first-order valence-electron chi connectivity index (χ1n) is 6.00. The summed E-state index contributed by atoms with van der Waals surface area (Å²) in [6.45, 7) is 0.798. The molecule has 2 aromatic heterocycles. The van der Waals surface area contributed by atoms with E-state index in [1.165, 1.54) is 5.56 Å². The normalized spacial score (nSPS) is 19.4. The maximum Gasteiger partial charge on any atom is 0.247 e. The third-order valence-electron chi connectivity index (χ3n) is 2.94. The lowest BCUT2D eigenvalue weighted by molar-refractivity contribution is -0.126. The largest absolute Gasteiger partial charge is 0.465 e. The molecule has 0 aromatic carbocycles. The van der Waals surface area contributed by atoms with Gasteiger partial charge in [-0.3, -0.25) is 4.79 Å². The summed E-state index contributed by atoms with van der Waals surface area (Å²) in [5, 5.41) is 4.31. The standard InChI is InChI=1S/C14H13NO2S2/c16-13(4-3-12-2-1-7-17-12)15-6-9-19-14(15)11-5-8-18-10-11/h1-5,7-8,10,14H,6,9H2/b4-3+/t14-/m0/s1. The van der Waals surface area contributed by atoms with Crippen LogP contribution >= 0.6 is 23.1 Å². The average Bonchev–Trinajstić information content (AvgIpc) is 3.14. The van der Waals surface area contributed by atoms with Crippen molar-refractivity contribution in [1.82, 2.24) is 4.90 Å². The molecule has 0 bridgehead atoms. The van der Waals surface area contributed by atoms with Crippen LogP contribution in [0.5, 0.6) is 0 Å². The molecule has 3 heterocycles. The van der Waals surface area contributed by atoms with Gasteiger partial charge >= 0.3 is 0 Å². The highest BCUT2D eigenvalue weighted by Gasteiger charge is 2.29. The number of amides is 1. The molecule has 98 valence electrons. The number of thiophene rings is 1. The first-order chi connectivity index (χ1) is 9.34. The lowest BCUT2D eigenvalue weighted by Crippen LogP contribution is -2.28. The van der Waals surface area contributed by atoms with Gasteiger partial charge in [0.25, 0.3) is 0 Å². The van der Waals surface area contributed by atoms with E-state index in [0.717, 1.165) is 12.3 Å². The van der Waals surface area contributed by atoms with Crippen molar-refractivity contribution in [3.8, 4) is 0 Å². The van der Waals surface area contributed by atoms with E-state index in [2.05, 4.69) is 16.8 Å². The average molecular weight is 291 g/mol. The number of nitrogens with zero attached hydrogens (tertiary/aromatic N) is 1. The summed E-state index contributed by atoms with van der Waals surface area (Å²) in [4.78, 5) is 14.1. The number of rotatable bonds is 3. The smallest absolute Gasteiger partial charge is 0.247 e. The summed E-state index contributed by atoms with van der Waals surface area (Å²) in [6.07, 6.45) is 4.91. The van der Waals surface area contributed by atoms with Crippen LogP contribution in [0.1, 0.15) is 16.7 Å². The number of furan rings is 1. The van der Waals surface area contributed by atoms with Crippen molar-refractivity contribution in [3.63, 3.8) is 0 Å². The summed E-state index contributed by atoms with van der Waals surface area (Å²) in [5.74, 6) is 1.73. The van der Waals surface area contributed by atoms with Crippen molar-refractivity contribution in [2.75, 3.05) is 12.3 Å². The van der Waals surface area contributed by atoms with Crippen molar-refractivity contribution in [2.24, 2.45) is 0 Å².